The van der Waals surface area contributed by atoms with E-state index in [1.165, 1.54) is 19.3 Å². The van der Waals surface area contributed by atoms with Crippen molar-refractivity contribution in [1.82, 2.24) is 25.1 Å². The van der Waals surface area contributed by atoms with Crippen LogP contribution in [-0.2, 0) is 0 Å². The quantitative estimate of drug-likeness (QED) is 0.732. The molecule has 3 heterocycles. The average Bonchev–Trinajstić information content (AvgIpc) is 3.27. The number of hydrogen-bond donors (Lipinski definition) is 1. The molecule has 7 heteroatoms. The van der Waals surface area contributed by atoms with Crippen LogP contribution < -0.4 is 10.1 Å². The van der Waals surface area contributed by atoms with Gasteiger partial charge in [-0.25, -0.2) is 4.68 Å². The molecule has 2 aliphatic rings. The number of aromatic nitrogens is 4. The molecule has 2 aromatic heterocycles. The predicted molar refractivity (Wildman–Crippen MR) is 97.9 cm³/mol. The molecule has 1 atom stereocenters. The van der Waals surface area contributed by atoms with E-state index >= 15 is 0 Å². The zero-order valence-electron chi connectivity index (χ0n) is 13.7. The standard InChI is InChI=1S/C18H18BrN5O/c19-13-1-2-14-12(7-13)8-22-24(14)16-10-21-11-17(23-16)25-15-9-20-6-5-18(15)3-4-18/h1-2,7-8,10-11,15,20H,3-6,9H2/t15-/m1/s1. The Morgan fingerprint density at radius 2 is 2.12 bits per heavy atom. The van der Waals surface area contributed by atoms with Crippen molar-refractivity contribution in [2.75, 3.05) is 13.1 Å². The summed E-state index contributed by atoms with van der Waals surface area (Å²) < 4.78 is 9.05. The molecule has 3 aromatic rings. The first-order chi connectivity index (χ1) is 12.2. The maximum Gasteiger partial charge on any atom is 0.234 e. The van der Waals surface area contributed by atoms with Crippen molar-refractivity contribution in [3.05, 3.63) is 41.3 Å². The zero-order valence-corrected chi connectivity index (χ0v) is 15.2. The largest absolute Gasteiger partial charge is 0.471 e. The molecule has 1 aromatic carbocycles. The van der Waals surface area contributed by atoms with Crippen molar-refractivity contribution in [3.8, 4) is 11.7 Å². The fourth-order valence-corrected chi connectivity index (χ4v) is 4.06. The molecule has 1 N–H and O–H groups in total. The van der Waals surface area contributed by atoms with Crippen LogP contribution >= 0.6 is 15.9 Å². The first-order valence-electron chi connectivity index (χ1n) is 8.57. The Balaban J connectivity index is 1.46. The van der Waals surface area contributed by atoms with E-state index in [0.29, 0.717) is 17.1 Å². The lowest BCUT2D eigenvalue weighted by atomic mass is 9.92. The minimum Gasteiger partial charge on any atom is -0.471 e. The molecule has 0 amide bonds. The van der Waals surface area contributed by atoms with Crippen molar-refractivity contribution >= 4 is 26.8 Å². The van der Waals surface area contributed by atoms with Crippen LogP contribution in [0.15, 0.2) is 41.3 Å². The number of hydrogen-bond acceptors (Lipinski definition) is 5. The summed E-state index contributed by atoms with van der Waals surface area (Å²) in [5.74, 6) is 1.24. The molecular formula is C18H18BrN5O. The van der Waals surface area contributed by atoms with Gasteiger partial charge in [-0.3, -0.25) is 4.98 Å². The van der Waals surface area contributed by atoms with Crippen molar-refractivity contribution in [2.24, 2.45) is 5.41 Å². The van der Waals surface area contributed by atoms with Crippen LogP contribution in [0.3, 0.4) is 0 Å². The number of nitrogens with zero attached hydrogens (tertiary/aromatic N) is 4. The van der Waals surface area contributed by atoms with E-state index in [2.05, 4.69) is 36.3 Å². The SMILES string of the molecule is Brc1ccc2c(cnn2-c2cncc(O[C@@H]3CNCCC34CC4)n2)c1. The van der Waals surface area contributed by atoms with Gasteiger partial charge in [0.25, 0.3) is 0 Å². The summed E-state index contributed by atoms with van der Waals surface area (Å²) in [6.07, 6.45) is 9.11. The summed E-state index contributed by atoms with van der Waals surface area (Å²) in [6.45, 7) is 1.96. The first-order valence-corrected chi connectivity index (χ1v) is 9.36. The molecule has 1 saturated carbocycles. The number of rotatable bonds is 3. The number of piperidine rings is 1. The maximum absolute atomic E-state index is 6.22. The second-order valence-electron chi connectivity index (χ2n) is 6.90. The van der Waals surface area contributed by atoms with Gasteiger partial charge in [0.2, 0.25) is 5.88 Å². The molecule has 1 aliphatic carbocycles. The molecule has 128 valence electrons. The Hall–Kier alpha value is -1.99. The molecule has 6 nitrogen and oxygen atoms in total. The minimum atomic E-state index is 0.177. The van der Waals surface area contributed by atoms with Gasteiger partial charge < -0.3 is 10.1 Å². The van der Waals surface area contributed by atoms with Gasteiger partial charge >= 0.3 is 0 Å². The molecule has 0 radical (unpaired) electrons. The monoisotopic (exact) mass is 399 g/mol. The number of fused-ring (bicyclic) bond motifs is 1. The Kier molecular flexibility index (Phi) is 3.53. The third kappa shape index (κ3) is 2.71. The van der Waals surface area contributed by atoms with Crippen molar-refractivity contribution in [2.45, 2.75) is 25.4 Å². The van der Waals surface area contributed by atoms with Gasteiger partial charge in [0.05, 0.1) is 24.1 Å². The fraction of sp³-hybridized carbons (Fsp3) is 0.389. The zero-order chi connectivity index (χ0) is 16.9. The van der Waals surface area contributed by atoms with E-state index in [9.17, 15) is 0 Å². The molecule has 1 aliphatic heterocycles. The smallest absolute Gasteiger partial charge is 0.234 e. The van der Waals surface area contributed by atoms with Gasteiger partial charge in [-0.1, -0.05) is 15.9 Å². The van der Waals surface area contributed by atoms with E-state index < -0.39 is 0 Å². The second-order valence-corrected chi connectivity index (χ2v) is 7.81. The van der Waals surface area contributed by atoms with E-state index in [1.54, 1.807) is 17.1 Å². The lowest BCUT2D eigenvalue weighted by Gasteiger charge is -2.32. The average molecular weight is 400 g/mol. The van der Waals surface area contributed by atoms with Crippen molar-refractivity contribution in [3.63, 3.8) is 0 Å². The lowest BCUT2D eigenvalue weighted by Crippen LogP contribution is -2.45. The van der Waals surface area contributed by atoms with Gasteiger partial charge in [0, 0.05) is 21.8 Å². The molecule has 0 bridgehead atoms. The first kappa shape index (κ1) is 15.3. The normalized spacial score (nSPS) is 21.6. The van der Waals surface area contributed by atoms with Crippen LogP contribution in [0, 0.1) is 5.41 Å². The number of halogens is 1. The Bertz CT molecular complexity index is 936. The van der Waals surface area contributed by atoms with Gasteiger partial charge in [-0.15, -0.1) is 0 Å². The van der Waals surface area contributed by atoms with Crippen molar-refractivity contribution in [1.29, 1.82) is 0 Å². The summed E-state index contributed by atoms with van der Waals surface area (Å²) in [7, 11) is 0. The Labute approximate surface area is 153 Å². The molecule has 0 unspecified atom stereocenters. The van der Waals surface area contributed by atoms with Gasteiger partial charge in [0.15, 0.2) is 5.82 Å². The van der Waals surface area contributed by atoms with E-state index in [-0.39, 0.29) is 6.10 Å². The van der Waals surface area contributed by atoms with Gasteiger partial charge in [0.1, 0.15) is 6.10 Å². The predicted octanol–water partition coefficient (Wildman–Crippen LogP) is 3.10. The highest BCUT2D eigenvalue weighted by Gasteiger charge is 2.52. The summed E-state index contributed by atoms with van der Waals surface area (Å²) in [6, 6.07) is 6.06. The topological polar surface area (TPSA) is 64.9 Å². The Morgan fingerprint density at radius 1 is 1.20 bits per heavy atom. The Morgan fingerprint density at radius 3 is 3.00 bits per heavy atom. The highest BCUT2D eigenvalue weighted by atomic mass is 79.9. The van der Waals surface area contributed by atoms with E-state index in [1.807, 2.05) is 24.4 Å². The summed E-state index contributed by atoms with van der Waals surface area (Å²) >= 11 is 3.49. The van der Waals surface area contributed by atoms with Crippen LogP contribution in [-0.4, -0.2) is 38.9 Å². The van der Waals surface area contributed by atoms with Gasteiger partial charge in [-0.2, -0.15) is 10.1 Å². The van der Waals surface area contributed by atoms with E-state index in [4.69, 9.17) is 4.74 Å². The fourth-order valence-electron chi connectivity index (χ4n) is 3.68. The molecule has 5 rings (SSSR count). The number of benzene rings is 1. The van der Waals surface area contributed by atoms with Gasteiger partial charge in [-0.05, 0) is 44.0 Å². The second kappa shape index (κ2) is 5.78. The third-order valence-electron chi connectivity index (χ3n) is 5.31. The van der Waals surface area contributed by atoms with Crippen LogP contribution in [0.1, 0.15) is 19.3 Å². The molecule has 2 fully saturated rings. The minimum absolute atomic E-state index is 0.177. The molecule has 1 saturated heterocycles. The molecule has 1 spiro atoms. The van der Waals surface area contributed by atoms with Crippen LogP contribution in [0.2, 0.25) is 0 Å². The molecular weight excluding hydrogens is 382 g/mol. The lowest BCUT2D eigenvalue weighted by molar-refractivity contribution is 0.0842. The number of ether oxygens (including phenoxy) is 1. The third-order valence-corrected chi connectivity index (χ3v) is 5.81. The van der Waals surface area contributed by atoms with Crippen LogP contribution in [0.25, 0.3) is 16.7 Å². The number of nitrogens with one attached hydrogen (secondary N) is 1. The maximum atomic E-state index is 6.22. The summed E-state index contributed by atoms with van der Waals surface area (Å²) in [5.41, 5.74) is 1.35. The molecule has 25 heavy (non-hydrogen) atoms. The summed E-state index contributed by atoms with van der Waals surface area (Å²) in [5, 5.41) is 8.94. The van der Waals surface area contributed by atoms with Crippen molar-refractivity contribution < 1.29 is 4.74 Å². The highest BCUT2D eigenvalue weighted by molar-refractivity contribution is 9.10. The van der Waals surface area contributed by atoms with E-state index in [0.717, 1.165) is 28.5 Å². The summed E-state index contributed by atoms with van der Waals surface area (Å²) in [4.78, 5) is 8.97. The van der Waals surface area contributed by atoms with Crippen LogP contribution in [0.4, 0.5) is 0 Å². The van der Waals surface area contributed by atoms with Crippen LogP contribution in [0.5, 0.6) is 5.88 Å². The highest BCUT2D eigenvalue weighted by Crippen LogP contribution is 2.53.